The first-order valence-electron chi connectivity index (χ1n) is 13.4. The normalized spacial score (nSPS) is 11.5. The fraction of sp³-hybridized carbons (Fsp3) is 0. The van der Waals surface area contributed by atoms with E-state index in [9.17, 15) is 0 Å². The quantitative estimate of drug-likeness (QED) is 0.239. The molecule has 3 nitrogen and oxygen atoms in total. The number of hydrogen-bond acceptors (Lipinski definition) is 4. The van der Waals surface area contributed by atoms with Crippen LogP contribution in [0.2, 0.25) is 0 Å². The lowest BCUT2D eigenvalue weighted by molar-refractivity contribution is 0.669. The number of para-hydroxylation sites is 3. The third kappa shape index (κ3) is 3.89. The SMILES string of the molecule is c1ccc(N(c2ccccc2)c2ccc3c(c2)sc2cc(Nc4ccc5oc6ccccc6c5c4)ccc23)cc1. The summed E-state index contributed by atoms with van der Waals surface area (Å²) in [5, 5.41) is 8.43. The molecule has 0 aliphatic rings. The maximum absolute atomic E-state index is 6.00. The van der Waals surface area contributed by atoms with Gasteiger partial charge in [0.25, 0.3) is 0 Å². The standard InChI is InChI=1S/C36H24N2OS/c1-3-9-26(10-4-1)38(27-11-5-2-6-12-27)28-17-19-31-30-18-15-25(22-35(30)40-36(31)23-28)37-24-16-20-34-32(21-24)29-13-7-8-14-33(29)39-34/h1-23,37H. The zero-order valence-corrected chi connectivity index (χ0v) is 22.4. The molecule has 0 aliphatic carbocycles. The summed E-state index contributed by atoms with van der Waals surface area (Å²) in [5.41, 5.74) is 7.37. The van der Waals surface area contributed by atoms with Crippen LogP contribution in [-0.4, -0.2) is 0 Å². The molecule has 1 N–H and O–H groups in total. The maximum atomic E-state index is 6.00. The number of furan rings is 1. The first-order valence-corrected chi connectivity index (χ1v) is 14.2. The van der Waals surface area contributed by atoms with Gasteiger partial charge in [0.1, 0.15) is 11.2 Å². The Labute approximate surface area is 235 Å². The van der Waals surface area contributed by atoms with Crippen LogP contribution in [0.5, 0.6) is 0 Å². The molecule has 0 radical (unpaired) electrons. The Morgan fingerprint density at radius 2 is 1.05 bits per heavy atom. The molecule has 4 heteroatoms. The van der Waals surface area contributed by atoms with Crippen molar-refractivity contribution in [1.82, 2.24) is 0 Å². The van der Waals surface area contributed by atoms with E-state index in [1.165, 1.54) is 20.2 Å². The van der Waals surface area contributed by atoms with Gasteiger partial charge in [-0.3, -0.25) is 0 Å². The molecule has 0 atom stereocenters. The van der Waals surface area contributed by atoms with Crippen LogP contribution in [-0.2, 0) is 0 Å². The highest BCUT2D eigenvalue weighted by atomic mass is 32.1. The number of benzene rings is 6. The van der Waals surface area contributed by atoms with Gasteiger partial charge in [-0.1, -0.05) is 66.7 Å². The minimum absolute atomic E-state index is 0.905. The molecule has 0 spiro atoms. The van der Waals surface area contributed by atoms with Gasteiger partial charge in [-0.15, -0.1) is 11.3 Å². The lowest BCUT2D eigenvalue weighted by Gasteiger charge is -2.25. The van der Waals surface area contributed by atoms with Crippen LogP contribution in [0.25, 0.3) is 42.1 Å². The number of nitrogens with zero attached hydrogens (tertiary/aromatic N) is 1. The van der Waals surface area contributed by atoms with Crippen LogP contribution in [0.1, 0.15) is 0 Å². The number of rotatable bonds is 5. The van der Waals surface area contributed by atoms with Crippen molar-refractivity contribution in [3.63, 3.8) is 0 Å². The number of fused-ring (bicyclic) bond motifs is 6. The molecular formula is C36H24N2OS. The van der Waals surface area contributed by atoms with Crippen molar-refractivity contribution in [2.75, 3.05) is 10.2 Å². The Hall–Kier alpha value is -5.06. The average molecular weight is 533 g/mol. The lowest BCUT2D eigenvalue weighted by Crippen LogP contribution is -2.09. The highest BCUT2D eigenvalue weighted by Crippen LogP contribution is 2.41. The Bertz CT molecular complexity index is 2110. The van der Waals surface area contributed by atoms with E-state index in [1.807, 2.05) is 29.5 Å². The zero-order chi connectivity index (χ0) is 26.5. The molecule has 0 bridgehead atoms. The summed E-state index contributed by atoms with van der Waals surface area (Å²) >= 11 is 1.83. The van der Waals surface area contributed by atoms with E-state index in [4.69, 9.17) is 4.42 Å². The van der Waals surface area contributed by atoms with Crippen molar-refractivity contribution in [2.45, 2.75) is 0 Å². The Morgan fingerprint density at radius 3 is 1.82 bits per heavy atom. The molecule has 8 aromatic rings. The van der Waals surface area contributed by atoms with E-state index in [2.05, 4.69) is 132 Å². The van der Waals surface area contributed by atoms with Gasteiger partial charge in [0.15, 0.2) is 0 Å². The highest BCUT2D eigenvalue weighted by Gasteiger charge is 2.14. The second kappa shape index (κ2) is 9.30. The topological polar surface area (TPSA) is 28.4 Å². The van der Waals surface area contributed by atoms with Crippen molar-refractivity contribution in [1.29, 1.82) is 0 Å². The minimum atomic E-state index is 0.905. The van der Waals surface area contributed by atoms with Crippen molar-refractivity contribution >= 4 is 81.9 Å². The number of hydrogen-bond donors (Lipinski definition) is 1. The van der Waals surface area contributed by atoms with Gasteiger partial charge in [-0.05, 0) is 72.8 Å². The lowest BCUT2D eigenvalue weighted by atomic mass is 10.1. The molecule has 0 aliphatic heterocycles. The fourth-order valence-electron chi connectivity index (χ4n) is 5.55. The molecule has 8 rings (SSSR count). The first kappa shape index (κ1) is 22.9. The molecule has 0 saturated carbocycles. The largest absolute Gasteiger partial charge is 0.456 e. The average Bonchev–Trinajstić information content (AvgIpc) is 3.55. The van der Waals surface area contributed by atoms with Crippen LogP contribution in [0.15, 0.2) is 144 Å². The summed E-state index contributed by atoms with van der Waals surface area (Å²) in [6.07, 6.45) is 0. The molecule has 6 aromatic carbocycles. The first-order chi connectivity index (χ1) is 19.8. The van der Waals surface area contributed by atoms with E-state index in [1.54, 1.807) is 0 Å². The van der Waals surface area contributed by atoms with Gasteiger partial charge in [0, 0.05) is 59.4 Å². The van der Waals surface area contributed by atoms with Crippen molar-refractivity contribution < 1.29 is 4.42 Å². The molecule has 190 valence electrons. The maximum Gasteiger partial charge on any atom is 0.135 e. The molecule has 2 heterocycles. The smallest absolute Gasteiger partial charge is 0.135 e. The van der Waals surface area contributed by atoms with E-state index in [-0.39, 0.29) is 0 Å². The Kier molecular flexibility index (Phi) is 5.32. The minimum Gasteiger partial charge on any atom is -0.456 e. The number of nitrogens with one attached hydrogen (secondary N) is 1. The van der Waals surface area contributed by atoms with Crippen molar-refractivity contribution in [3.05, 3.63) is 140 Å². The van der Waals surface area contributed by atoms with Gasteiger partial charge < -0.3 is 14.6 Å². The van der Waals surface area contributed by atoms with Crippen molar-refractivity contribution in [3.8, 4) is 0 Å². The summed E-state index contributed by atoms with van der Waals surface area (Å²) in [4.78, 5) is 2.31. The van der Waals surface area contributed by atoms with Crippen LogP contribution in [0.4, 0.5) is 28.4 Å². The molecule has 2 aromatic heterocycles. The molecule has 40 heavy (non-hydrogen) atoms. The predicted octanol–water partition coefficient (Wildman–Crippen LogP) is 11.2. The van der Waals surface area contributed by atoms with Gasteiger partial charge in [-0.25, -0.2) is 0 Å². The summed E-state index contributed by atoms with van der Waals surface area (Å²) in [6, 6.07) is 49.0. The van der Waals surface area contributed by atoms with Crippen LogP contribution >= 0.6 is 11.3 Å². The van der Waals surface area contributed by atoms with Gasteiger partial charge in [-0.2, -0.15) is 0 Å². The van der Waals surface area contributed by atoms with E-state index in [0.717, 1.165) is 50.4 Å². The Morgan fingerprint density at radius 1 is 0.450 bits per heavy atom. The predicted molar refractivity (Wildman–Crippen MR) is 171 cm³/mol. The fourth-order valence-corrected chi connectivity index (χ4v) is 6.73. The molecule has 0 amide bonds. The van der Waals surface area contributed by atoms with E-state index in [0.29, 0.717) is 0 Å². The van der Waals surface area contributed by atoms with Crippen LogP contribution in [0, 0.1) is 0 Å². The van der Waals surface area contributed by atoms with Gasteiger partial charge >= 0.3 is 0 Å². The van der Waals surface area contributed by atoms with Gasteiger partial charge in [0.05, 0.1) is 0 Å². The molecule has 0 saturated heterocycles. The summed E-state index contributed by atoms with van der Waals surface area (Å²) in [6.45, 7) is 0. The molecule has 0 fully saturated rings. The summed E-state index contributed by atoms with van der Waals surface area (Å²) < 4.78 is 8.54. The zero-order valence-electron chi connectivity index (χ0n) is 21.5. The molecule has 0 unspecified atom stereocenters. The van der Waals surface area contributed by atoms with E-state index >= 15 is 0 Å². The third-order valence-corrected chi connectivity index (χ3v) is 8.52. The Balaban J connectivity index is 1.17. The second-order valence-electron chi connectivity index (χ2n) is 9.93. The van der Waals surface area contributed by atoms with Crippen LogP contribution < -0.4 is 10.2 Å². The van der Waals surface area contributed by atoms with Crippen LogP contribution in [0.3, 0.4) is 0 Å². The number of thiophene rings is 1. The second-order valence-corrected chi connectivity index (χ2v) is 11.0. The summed E-state index contributed by atoms with van der Waals surface area (Å²) in [5.74, 6) is 0. The van der Waals surface area contributed by atoms with E-state index < -0.39 is 0 Å². The van der Waals surface area contributed by atoms with Gasteiger partial charge in [0.2, 0.25) is 0 Å². The number of anilines is 5. The molecular weight excluding hydrogens is 508 g/mol. The highest BCUT2D eigenvalue weighted by molar-refractivity contribution is 7.25. The van der Waals surface area contributed by atoms with Crippen molar-refractivity contribution in [2.24, 2.45) is 0 Å². The third-order valence-electron chi connectivity index (χ3n) is 7.41. The summed E-state index contributed by atoms with van der Waals surface area (Å²) in [7, 11) is 0. The monoisotopic (exact) mass is 532 g/mol.